The van der Waals surface area contributed by atoms with Gasteiger partial charge in [-0.1, -0.05) is 36.4 Å². The fourth-order valence-electron chi connectivity index (χ4n) is 2.73. The summed E-state index contributed by atoms with van der Waals surface area (Å²) in [6.07, 6.45) is 1.30. The lowest BCUT2D eigenvalue weighted by molar-refractivity contribution is 0.300. The van der Waals surface area contributed by atoms with Crippen molar-refractivity contribution in [1.82, 2.24) is 4.98 Å². The van der Waals surface area contributed by atoms with E-state index >= 15 is 0 Å². The summed E-state index contributed by atoms with van der Waals surface area (Å²) < 4.78 is 0. The fraction of sp³-hybridized carbons (Fsp3) is 0.250. The van der Waals surface area contributed by atoms with E-state index in [0.717, 1.165) is 22.2 Å². The molecule has 3 heteroatoms. The number of para-hydroxylation sites is 2. The van der Waals surface area contributed by atoms with Crippen LogP contribution in [0.25, 0.3) is 21.8 Å². The summed E-state index contributed by atoms with van der Waals surface area (Å²) in [5, 5.41) is 20.7. The van der Waals surface area contributed by atoms with E-state index in [1.54, 1.807) is 0 Å². The highest BCUT2D eigenvalue weighted by Crippen LogP contribution is 2.30. The summed E-state index contributed by atoms with van der Waals surface area (Å²) in [5.74, 6) is 0. The molecule has 3 N–H and O–H groups in total. The van der Waals surface area contributed by atoms with E-state index in [2.05, 4.69) is 17.1 Å². The van der Waals surface area contributed by atoms with Crippen molar-refractivity contribution >= 4 is 21.8 Å². The van der Waals surface area contributed by atoms with Gasteiger partial charge in [0.2, 0.25) is 0 Å². The summed E-state index contributed by atoms with van der Waals surface area (Å²) in [6, 6.07) is 12.3. The van der Waals surface area contributed by atoms with Crippen molar-refractivity contribution < 1.29 is 10.2 Å². The van der Waals surface area contributed by atoms with Crippen LogP contribution in [0.4, 0.5) is 0 Å². The molecule has 3 nitrogen and oxygen atoms in total. The van der Waals surface area contributed by atoms with Crippen LogP contribution < -0.4 is 0 Å². The Labute approximate surface area is 111 Å². The van der Waals surface area contributed by atoms with Gasteiger partial charge in [0.25, 0.3) is 0 Å². The number of benzene rings is 2. The molecule has 0 spiro atoms. The maximum absolute atomic E-state index is 9.15. The van der Waals surface area contributed by atoms with Crippen molar-refractivity contribution in [3.05, 3.63) is 47.5 Å². The third-order valence-electron chi connectivity index (χ3n) is 3.60. The highest BCUT2D eigenvalue weighted by molar-refractivity contribution is 6.09. The zero-order chi connectivity index (χ0) is 13.2. The van der Waals surface area contributed by atoms with Crippen LogP contribution in [0, 0.1) is 0 Å². The molecule has 0 aliphatic heterocycles. The monoisotopic (exact) mass is 255 g/mol. The van der Waals surface area contributed by atoms with Crippen LogP contribution in [0.2, 0.25) is 0 Å². The molecule has 98 valence electrons. The molecule has 0 bridgehead atoms. The lowest BCUT2D eigenvalue weighted by Crippen LogP contribution is -1.92. The van der Waals surface area contributed by atoms with E-state index in [1.807, 2.05) is 24.3 Å². The van der Waals surface area contributed by atoms with E-state index in [0.29, 0.717) is 12.8 Å². The summed E-state index contributed by atoms with van der Waals surface area (Å²) in [7, 11) is 0. The fourth-order valence-corrected chi connectivity index (χ4v) is 2.73. The molecular formula is C16H17NO2. The number of aromatic nitrogens is 1. The number of aromatic amines is 1. The van der Waals surface area contributed by atoms with Crippen LogP contribution in [0.3, 0.4) is 0 Å². The normalized spacial score (nSPS) is 11.5. The minimum atomic E-state index is 0.151. The molecule has 2 aromatic carbocycles. The van der Waals surface area contributed by atoms with Crippen molar-refractivity contribution in [2.75, 3.05) is 13.2 Å². The van der Waals surface area contributed by atoms with Gasteiger partial charge in [0.15, 0.2) is 0 Å². The predicted molar refractivity (Wildman–Crippen MR) is 77.4 cm³/mol. The molecule has 1 heterocycles. The van der Waals surface area contributed by atoms with Gasteiger partial charge < -0.3 is 15.2 Å². The lowest BCUT2D eigenvalue weighted by Gasteiger charge is -1.99. The Morgan fingerprint density at radius 2 is 1.21 bits per heavy atom. The number of fused-ring (bicyclic) bond motifs is 3. The average Bonchev–Trinajstić information content (AvgIpc) is 2.81. The van der Waals surface area contributed by atoms with Crippen molar-refractivity contribution in [3.63, 3.8) is 0 Å². The molecule has 0 radical (unpaired) electrons. The largest absolute Gasteiger partial charge is 0.396 e. The third-order valence-corrected chi connectivity index (χ3v) is 3.60. The Bertz CT molecular complexity index is 655. The molecular weight excluding hydrogens is 238 g/mol. The molecule has 0 unspecified atom stereocenters. The first-order valence-corrected chi connectivity index (χ1v) is 6.58. The van der Waals surface area contributed by atoms with Gasteiger partial charge in [0, 0.05) is 35.0 Å². The minimum Gasteiger partial charge on any atom is -0.396 e. The second-order valence-corrected chi connectivity index (χ2v) is 4.75. The Balaban J connectivity index is 2.31. The van der Waals surface area contributed by atoms with Gasteiger partial charge in [-0.15, -0.1) is 0 Å². The second-order valence-electron chi connectivity index (χ2n) is 4.75. The van der Waals surface area contributed by atoms with E-state index in [9.17, 15) is 0 Å². The number of H-pyrrole nitrogens is 1. The maximum Gasteiger partial charge on any atom is 0.0498 e. The minimum absolute atomic E-state index is 0.151. The van der Waals surface area contributed by atoms with Gasteiger partial charge in [0.05, 0.1) is 0 Å². The van der Waals surface area contributed by atoms with E-state index < -0.39 is 0 Å². The van der Waals surface area contributed by atoms with Crippen LogP contribution in [-0.4, -0.2) is 28.4 Å². The molecule has 0 aliphatic rings. The molecule has 3 aromatic rings. The van der Waals surface area contributed by atoms with Crippen molar-refractivity contribution in [2.45, 2.75) is 12.8 Å². The molecule has 0 saturated carbocycles. The Kier molecular flexibility index (Phi) is 3.23. The van der Waals surface area contributed by atoms with Crippen molar-refractivity contribution in [2.24, 2.45) is 0 Å². The van der Waals surface area contributed by atoms with Crippen LogP contribution >= 0.6 is 0 Å². The molecule has 0 saturated heterocycles. The molecule has 0 atom stereocenters. The SMILES string of the molecule is OCCc1cccc2c1[nH]c1c(CCO)cccc12. The summed E-state index contributed by atoms with van der Waals surface area (Å²) >= 11 is 0. The van der Waals surface area contributed by atoms with Crippen LogP contribution in [0.1, 0.15) is 11.1 Å². The third kappa shape index (κ3) is 2.01. The second kappa shape index (κ2) is 5.03. The molecule has 19 heavy (non-hydrogen) atoms. The summed E-state index contributed by atoms with van der Waals surface area (Å²) in [6.45, 7) is 0.302. The van der Waals surface area contributed by atoms with Gasteiger partial charge >= 0.3 is 0 Å². The maximum atomic E-state index is 9.15. The molecule has 0 amide bonds. The number of hydrogen-bond donors (Lipinski definition) is 3. The first-order chi connectivity index (χ1) is 9.35. The average molecular weight is 255 g/mol. The summed E-state index contributed by atoms with van der Waals surface area (Å²) in [5.41, 5.74) is 4.45. The van der Waals surface area contributed by atoms with E-state index in [1.165, 1.54) is 10.8 Å². The molecule has 0 fully saturated rings. The Morgan fingerprint density at radius 3 is 1.63 bits per heavy atom. The van der Waals surface area contributed by atoms with Crippen molar-refractivity contribution in [3.8, 4) is 0 Å². The quantitative estimate of drug-likeness (QED) is 0.670. The van der Waals surface area contributed by atoms with Gasteiger partial charge in [-0.2, -0.15) is 0 Å². The first kappa shape index (κ1) is 12.2. The number of aliphatic hydroxyl groups excluding tert-OH is 2. The highest BCUT2D eigenvalue weighted by atomic mass is 16.3. The number of rotatable bonds is 4. The number of aliphatic hydroxyl groups is 2. The van der Waals surface area contributed by atoms with E-state index in [4.69, 9.17) is 10.2 Å². The molecule has 3 rings (SSSR count). The topological polar surface area (TPSA) is 56.2 Å². The molecule has 0 aliphatic carbocycles. The smallest absolute Gasteiger partial charge is 0.0498 e. The Hall–Kier alpha value is -1.84. The highest BCUT2D eigenvalue weighted by Gasteiger charge is 2.10. The van der Waals surface area contributed by atoms with Gasteiger partial charge in [-0.25, -0.2) is 0 Å². The number of hydrogen-bond acceptors (Lipinski definition) is 2. The Morgan fingerprint density at radius 1 is 0.737 bits per heavy atom. The predicted octanol–water partition coefficient (Wildman–Crippen LogP) is 2.39. The molecule has 1 aromatic heterocycles. The van der Waals surface area contributed by atoms with Crippen LogP contribution in [-0.2, 0) is 12.8 Å². The first-order valence-electron chi connectivity index (χ1n) is 6.58. The zero-order valence-corrected chi connectivity index (χ0v) is 10.7. The van der Waals surface area contributed by atoms with E-state index in [-0.39, 0.29) is 13.2 Å². The van der Waals surface area contributed by atoms with Gasteiger partial charge in [-0.3, -0.25) is 0 Å². The van der Waals surface area contributed by atoms with Gasteiger partial charge in [0.1, 0.15) is 0 Å². The van der Waals surface area contributed by atoms with Gasteiger partial charge in [-0.05, 0) is 24.0 Å². The lowest BCUT2D eigenvalue weighted by atomic mass is 10.0. The van der Waals surface area contributed by atoms with Crippen molar-refractivity contribution in [1.29, 1.82) is 0 Å². The summed E-state index contributed by atoms with van der Waals surface area (Å²) in [4.78, 5) is 3.46. The zero-order valence-electron chi connectivity index (χ0n) is 10.7. The standard InChI is InChI=1S/C16H17NO2/c18-9-7-11-3-1-5-13-14-6-2-4-12(8-10-19)16(14)17-15(11)13/h1-6,17-19H,7-10H2. The van der Waals surface area contributed by atoms with Crippen LogP contribution in [0.5, 0.6) is 0 Å². The van der Waals surface area contributed by atoms with Crippen LogP contribution in [0.15, 0.2) is 36.4 Å². The number of nitrogens with one attached hydrogen (secondary N) is 1.